The van der Waals surface area contributed by atoms with E-state index < -0.39 is 34.8 Å². The van der Waals surface area contributed by atoms with E-state index in [1.165, 1.54) is 19.2 Å². The number of urea groups is 1. The number of hydrogen-bond donors (Lipinski definition) is 1. The number of ether oxygens (including phenoxy) is 2. The maximum absolute atomic E-state index is 13.5. The van der Waals surface area contributed by atoms with E-state index in [-0.39, 0.29) is 24.1 Å². The zero-order valence-corrected chi connectivity index (χ0v) is 21.8. The van der Waals surface area contributed by atoms with E-state index in [4.69, 9.17) is 13.9 Å². The van der Waals surface area contributed by atoms with Crippen molar-refractivity contribution in [3.63, 3.8) is 0 Å². The molecule has 8 nitrogen and oxygen atoms in total. The Hall–Kier alpha value is -4.02. The van der Waals surface area contributed by atoms with Crippen molar-refractivity contribution >= 4 is 22.9 Å². The van der Waals surface area contributed by atoms with Crippen LogP contribution >= 0.6 is 0 Å². The monoisotopic (exact) mass is 546 g/mol. The van der Waals surface area contributed by atoms with Gasteiger partial charge in [0, 0.05) is 29.1 Å². The van der Waals surface area contributed by atoms with Crippen molar-refractivity contribution < 1.29 is 36.7 Å². The number of para-hydroxylation sites is 1. The molecule has 1 aromatic heterocycles. The average molecular weight is 547 g/mol. The van der Waals surface area contributed by atoms with Crippen molar-refractivity contribution in [1.29, 1.82) is 0 Å². The Labute approximate surface area is 222 Å². The smallest absolute Gasteiger partial charge is 0.417 e. The summed E-state index contributed by atoms with van der Waals surface area (Å²) in [5, 5.41) is 2.56. The van der Waals surface area contributed by atoms with Crippen LogP contribution in [0.15, 0.2) is 51.7 Å². The topological polar surface area (TPSA) is 98.1 Å². The van der Waals surface area contributed by atoms with Crippen molar-refractivity contribution in [2.45, 2.75) is 51.2 Å². The van der Waals surface area contributed by atoms with Crippen LogP contribution in [0, 0.1) is 0 Å². The second-order valence-corrected chi connectivity index (χ2v) is 9.41. The third kappa shape index (κ3) is 5.43. The van der Waals surface area contributed by atoms with Gasteiger partial charge in [0.1, 0.15) is 22.6 Å². The second-order valence-electron chi connectivity index (χ2n) is 9.41. The number of fused-ring (bicyclic) bond motifs is 1. The molecule has 3 aromatic rings. The number of halogens is 3. The molecule has 1 saturated heterocycles. The Morgan fingerprint density at radius 3 is 2.49 bits per heavy atom. The molecule has 2 heterocycles. The molecule has 3 amide bonds. The molecule has 4 rings (SSSR count). The standard InChI is InChI=1S/C28H29F3N2O6/c1-4-9-18-21(13-12-17-20(28(29,30)31)16-23(34)39-24(17)18)38-15-8-7-14-33-25(35)27(2,32-26(33)36)19-10-5-6-11-22(19)37-3/h5-6,10-13,16H,4,7-9,14-15H2,1-3H3,(H,32,36). The Balaban J connectivity index is 1.43. The highest BCUT2D eigenvalue weighted by Gasteiger charge is 2.50. The molecule has 1 fully saturated rings. The Morgan fingerprint density at radius 1 is 1.05 bits per heavy atom. The number of alkyl halides is 3. The fraction of sp³-hybridized carbons (Fsp3) is 0.393. The lowest BCUT2D eigenvalue weighted by Crippen LogP contribution is -2.41. The van der Waals surface area contributed by atoms with Gasteiger partial charge in [-0.3, -0.25) is 9.69 Å². The molecule has 0 spiro atoms. The molecule has 208 valence electrons. The van der Waals surface area contributed by atoms with Crippen LogP contribution in [0.3, 0.4) is 0 Å². The van der Waals surface area contributed by atoms with Gasteiger partial charge in [-0.2, -0.15) is 13.2 Å². The number of carbonyl (C=O) groups excluding carboxylic acids is 2. The Morgan fingerprint density at radius 2 is 1.79 bits per heavy atom. The lowest BCUT2D eigenvalue weighted by Gasteiger charge is -2.24. The normalized spacial score (nSPS) is 17.5. The molecule has 2 aromatic carbocycles. The molecule has 1 N–H and O–H groups in total. The minimum absolute atomic E-state index is 0.135. The lowest BCUT2D eigenvalue weighted by atomic mass is 9.91. The number of nitrogens with one attached hydrogen (secondary N) is 1. The largest absolute Gasteiger partial charge is 0.496 e. The van der Waals surface area contributed by atoms with Gasteiger partial charge < -0.3 is 19.2 Å². The van der Waals surface area contributed by atoms with E-state index >= 15 is 0 Å². The maximum atomic E-state index is 13.5. The minimum Gasteiger partial charge on any atom is -0.496 e. The van der Waals surface area contributed by atoms with Gasteiger partial charge >= 0.3 is 17.8 Å². The van der Waals surface area contributed by atoms with Gasteiger partial charge in [0.2, 0.25) is 0 Å². The van der Waals surface area contributed by atoms with Gasteiger partial charge in [-0.1, -0.05) is 31.5 Å². The molecule has 1 atom stereocenters. The van der Waals surface area contributed by atoms with E-state index in [1.54, 1.807) is 31.2 Å². The first-order valence-corrected chi connectivity index (χ1v) is 12.6. The molecular weight excluding hydrogens is 517 g/mol. The number of imide groups is 1. The number of nitrogens with zero attached hydrogens (tertiary/aromatic N) is 1. The summed E-state index contributed by atoms with van der Waals surface area (Å²) >= 11 is 0. The highest BCUT2D eigenvalue weighted by molar-refractivity contribution is 6.07. The third-order valence-corrected chi connectivity index (χ3v) is 6.73. The van der Waals surface area contributed by atoms with Crippen LogP contribution in [0.1, 0.15) is 49.8 Å². The summed E-state index contributed by atoms with van der Waals surface area (Å²) in [7, 11) is 1.49. The van der Waals surface area contributed by atoms with Crippen LogP contribution in [0.4, 0.5) is 18.0 Å². The Bertz CT molecular complexity index is 1450. The first-order chi connectivity index (χ1) is 18.5. The van der Waals surface area contributed by atoms with Crippen molar-refractivity contribution in [3.05, 3.63) is 69.6 Å². The number of unbranched alkanes of at least 4 members (excludes halogenated alkanes) is 1. The summed E-state index contributed by atoms with van der Waals surface area (Å²) in [6.45, 7) is 3.82. The minimum atomic E-state index is -4.71. The van der Waals surface area contributed by atoms with Crippen molar-refractivity contribution in [3.8, 4) is 11.5 Å². The first kappa shape index (κ1) is 28.0. The van der Waals surface area contributed by atoms with Gasteiger partial charge in [-0.05, 0) is 44.4 Å². The fourth-order valence-electron chi connectivity index (χ4n) is 4.81. The second kappa shape index (κ2) is 11.0. The quantitative estimate of drug-likeness (QED) is 0.208. The molecule has 11 heteroatoms. The molecule has 0 bridgehead atoms. The number of carbonyl (C=O) groups is 2. The van der Waals surface area contributed by atoms with E-state index in [9.17, 15) is 27.6 Å². The number of aryl methyl sites for hydroxylation is 1. The number of benzene rings is 2. The SMILES string of the molecule is CCCc1c(OCCCCN2C(=O)NC(C)(c3ccccc3OC)C2=O)ccc2c(C(F)(F)F)cc(=O)oc12. The number of hydrogen-bond acceptors (Lipinski definition) is 6. The van der Waals surface area contributed by atoms with Gasteiger partial charge in [0.25, 0.3) is 5.91 Å². The zero-order chi connectivity index (χ0) is 28.4. The molecule has 1 unspecified atom stereocenters. The van der Waals surface area contributed by atoms with E-state index in [2.05, 4.69) is 5.32 Å². The summed E-state index contributed by atoms with van der Waals surface area (Å²) in [6, 6.07) is 9.60. The molecular formula is C28H29F3N2O6. The molecule has 0 saturated carbocycles. The van der Waals surface area contributed by atoms with Crippen LogP contribution in [-0.4, -0.2) is 37.1 Å². The lowest BCUT2D eigenvalue weighted by molar-refractivity contribution is -0.136. The molecule has 1 aliphatic heterocycles. The van der Waals surface area contributed by atoms with E-state index in [0.717, 1.165) is 4.90 Å². The molecule has 0 aliphatic carbocycles. The molecule has 0 radical (unpaired) electrons. The van der Waals surface area contributed by atoms with Crippen molar-refractivity contribution in [2.75, 3.05) is 20.3 Å². The van der Waals surface area contributed by atoms with Gasteiger partial charge in [-0.25, -0.2) is 9.59 Å². The number of methoxy groups -OCH3 is 1. The maximum Gasteiger partial charge on any atom is 0.417 e. The van der Waals surface area contributed by atoms with Crippen LogP contribution in [0.2, 0.25) is 0 Å². The summed E-state index contributed by atoms with van der Waals surface area (Å²) in [5.74, 6) is 0.416. The molecule has 39 heavy (non-hydrogen) atoms. The van der Waals surface area contributed by atoms with Gasteiger partial charge in [-0.15, -0.1) is 0 Å². The molecule has 1 aliphatic rings. The predicted molar refractivity (Wildman–Crippen MR) is 137 cm³/mol. The van der Waals surface area contributed by atoms with Crippen LogP contribution in [-0.2, 0) is 22.9 Å². The van der Waals surface area contributed by atoms with Gasteiger partial charge in [0.05, 0.1) is 19.3 Å². The zero-order valence-electron chi connectivity index (χ0n) is 21.8. The average Bonchev–Trinajstić information content (AvgIpc) is 3.12. The summed E-state index contributed by atoms with van der Waals surface area (Å²) in [4.78, 5) is 38.9. The fourth-order valence-corrected chi connectivity index (χ4v) is 4.81. The number of amides is 3. The first-order valence-electron chi connectivity index (χ1n) is 12.6. The van der Waals surface area contributed by atoms with Crippen molar-refractivity contribution in [1.82, 2.24) is 10.2 Å². The summed E-state index contributed by atoms with van der Waals surface area (Å²) in [6.07, 6.45) is -2.88. The predicted octanol–water partition coefficient (Wildman–Crippen LogP) is 5.40. The number of rotatable bonds is 10. The highest BCUT2D eigenvalue weighted by atomic mass is 19.4. The van der Waals surface area contributed by atoms with E-state index in [1.807, 2.05) is 6.92 Å². The van der Waals surface area contributed by atoms with Gasteiger partial charge in [0.15, 0.2) is 0 Å². The summed E-state index contributed by atoms with van der Waals surface area (Å²) < 4.78 is 56.9. The van der Waals surface area contributed by atoms with Crippen LogP contribution in [0.5, 0.6) is 11.5 Å². The van der Waals surface area contributed by atoms with Crippen LogP contribution < -0.4 is 20.4 Å². The van der Waals surface area contributed by atoms with Crippen LogP contribution in [0.25, 0.3) is 11.0 Å². The Kier molecular flexibility index (Phi) is 7.89. The third-order valence-electron chi connectivity index (χ3n) is 6.73. The van der Waals surface area contributed by atoms with E-state index in [0.29, 0.717) is 54.4 Å². The highest BCUT2D eigenvalue weighted by Crippen LogP contribution is 2.38. The summed E-state index contributed by atoms with van der Waals surface area (Å²) in [5.41, 5.74) is -2.59. The van der Waals surface area contributed by atoms with Crippen molar-refractivity contribution in [2.24, 2.45) is 0 Å².